The fraction of sp³-hybridized carbons (Fsp3) is 0.0612. The van der Waals surface area contributed by atoms with Crippen molar-refractivity contribution in [1.29, 1.82) is 0 Å². The molecule has 2 heterocycles. The van der Waals surface area contributed by atoms with Gasteiger partial charge >= 0.3 is 0 Å². The van der Waals surface area contributed by atoms with Crippen molar-refractivity contribution in [3.8, 4) is 33.4 Å². The van der Waals surface area contributed by atoms with Gasteiger partial charge in [-0.3, -0.25) is 0 Å². The topological polar surface area (TPSA) is 15.3 Å². The highest BCUT2D eigenvalue weighted by Crippen LogP contribution is 2.53. The first-order chi connectivity index (χ1) is 25.5. The number of nitrogens with zero attached hydrogens (tertiary/aromatic N) is 1. The molecule has 2 nitrogen and oxygen atoms in total. The zero-order valence-corrected chi connectivity index (χ0v) is 29.4. The SMILES string of the molecule is CC1(C)c2ccccc2N2c3c(cccc31)Bc1c(-c3ccccc3Nc3cc(-c4ccccc4)cc(-c4ccccc4)c3)cc3ccccc3c12. The number of para-hydroxylation sites is 3. The Kier molecular flexibility index (Phi) is 6.98. The van der Waals surface area contributed by atoms with Crippen LogP contribution in [0.4, 0.5) is 28.4 Å². The van der Waals surface area contributed by atoms with Crippen LogP contribution < -0.4 is 21.1 Å². The average molecular weight is 665 g/mol. The Morgan fingerprint density at radius 2 is 1.13 bits per heavy atom. The first-order valence-electron chi connectivity index (χ1n) is 18.2. The standard InChI is InChI=1S/C49H37BN2/c1-49(2)41-23-12-14-27-45(41)52-47-38-21-10-9-20-34(38)31-40(46(47)50-43-25-15-24-42(49)48(43)52)39-22-11-13-26-44(39)51-37-29-35(32-16-5-3-6-17-32)28-36(30-37)33-18-7-4-8-19-33/h3-31,50-51H,1-2H3. The molecule has 0 aromatic heterocycles. The quantitative estimate of drug-likeness (QED) is 0.184. The van der Waals surface area contributed by atoms with Crippen molar-refractivity contribution >= 4 is 57.4 Å². The Labute approximate surface area is 306 Å². The molecular weight excluding hydrogens is 627 g/mol. The minimum absolute atomic E-state index is 0.104. The second-order valence-corrected chi connectivity index (χ2v) is 14.6. The molecule has 246 valence electrons. The summed E-state index contributed by atoms with van der Waals surface area (Å²) in [4.78, 5) is 2.58. The van der Waals surface area contributed by atoms with E-state index in [2.05, 4.69) is 200 Å². The summed E-state index contributed by atoms with van der Waals surface area (Å²) in [5.41, 5.74) is 18.6. The van der Waals surface area contributed by atoms with Gasteiger partial charge < -0.3 is 10.2 Å². The van der Waals surface area contributed by atoms with Gasteiger partial charge in [-0.2, -0.15) is 0 Å². The van der Waals surface area contributed by atoms with Gasteiger partial charge in [-0.25, -0.2) is 0 Å². The van der Waals surface area contributed by atoms with E-state index < -0.39 is 0 Å². The minimum Gasteiger partial charge on any atom is -0.355 e. The summed E-state index contributed by atoms with van der Waals surface area (Å²) in [6.45, 7) is 4.75. The highest BCUT2D eigenvalue weighted by atomic mass is 15.2. The van der Waals surface area contributed by atoms with Crippen molar-refractivity contribution < 1.29 is 0 Å². The van der Waals surface area contributed by atoms with Gasteiger partial charge in [0.15, 0.2) is 7.28 Å². The summed E-state index contributed by atoms with van der Waals surface area (Å²) in [5.74, 6) is 0. The van der Waals surface area contributed by atoms with Crippen LogP contribution in [0, 0.1) is 0 Å². The van der Waals surface area contributed by atoms with E-state index in [0.717, 1.165) is 18.7 Å². The zero-order chi connectivity index (χ0) is 34.8. The molecule has 0 amide bonds. The molecule has 2 aliphatic heterocycles. The maximum atomic E-state index is 3.92. The third kappa shape index (κ3) is 4.81. The predicted molar refractivity (Wildman–Crippen MR) is 223 cm³/mol. The Balaban J connectivity index is 1.18. The van der Waals surface area contributed by atoms with Gasteiger partial charge in [0.1, 0.15) is 0 Å². The number of rotatable bonds is 5. The maximum Gasteiger partial charge on any atom is 0.198 e. The molecule has 0 bridgehead atoms. The van der Waals surface area contributed by atoms with Crippen LogP contribution in [-0.2, 0) is 5.41 Å². The van der Waals surface area contributed by atoms with Crippen LogP contribution >= 0.6 is 0 Å². The number of fused-ring (bicyclic) bond motifs is 6. The predicted octanol–water partition coefficient (Wildman–Crippen LogP) is 11.4. The van der Waals surface area contributed by atoms with Crippen LogP contribution in [0.25, 0.3) is 44.2 Å². The highest BCUT2D eigenvalue weighted by molar-refractivity contribution is 6.74. The molecule has 8 aromatic carbocycles. The summed E-state index contributed by atoms with van der Waals surface area (Å²) in [7, 11) is 0.864. The van der Waals surface area contributed by atoms with Crippen molar-refractivity contribution in [2.75, 3.05) is 10.2 Å². The number of nitrogens with one attached hydrogen (secondary N) is 1. The van der Waals surface area contributed by atoms with E-state index in [4.69, 9.17) is 0 Å². The minimum atomic E-state index is -0.104. The van der Waals surface area contributed by atoms with E-state index >= 15 is 0 Å². The van der Waals surface area contributed by atoms with Crippen molar-refractivity contribution in [2.24, 2.45) is 0 Å². The number of benzene rings is 8. The first kappa shape index (κ1) is 30.5. The summed E-state index contributed by atoms with van der Waals surface area (Å²) in [6, 6.07) is 64.3. The monoisotopic (exact) mass is 664 g/mol. The molecular formula is C49H37BN2. The van der Waals surface area contributed by atoms with Crippen molar-refractivity contribution in [3.63, 3.8) is 0 Å². The average Bonchev–Trinajstić information content (AvgIpc) is 3.20. The lowest BCUT2D eigenvalue weighted by Gasteiger charge is -2.46. The smallest absolute Gasteiger partial charge is 0.198 e. The Morgan fingerprint density at radius 1 is 0.500 bits per heavy atom. The van der Waals surface area contributed by atoms with Crippen molar-refractivity contribution in [3.05, 3.63) is 187 Å². The fourth-order valence-corrected chi connectivity index (χ4v) is 8.71. The molecule has 0 spiro atoms. The first-order valence-corrected chi connectivity index (χ1v) is 18.2. The number of hydrogen-bond donors (Lipinski definition) is 1. The molecule has 0 atom stereocenters. The second-order valence-electron chi connectivity index (χ2n) is 14.6. The van der Waals surface area contributed by atoms with Crippen LogP contribution in [-0.4, -0.2) is 7.28 Å². The van der Waals surface area contributed by atoms with Crippen LogP contribution in [0.5, 0.6) is 0 Å². The highest BCUT2D eigenvalue weighted by Gasteiger charge is 2.41. The molecule has 52 heavy (non-hydrogen) atoms. The molecule has 2 aliphatic rings. The molecule has 0 saturated carbocycles. The van der Waals surface area contributed by atoms with E-state index in [1.165, 1.54) is 83.3 Å². The summed E-state index contributed by atoms with van der Waals surface area (Å²) >= 11 is 0. The van der Waals surface area contributed by atoms with Crippen LogP contribution in [0.3, 0.4) is 0 Å². The lowest BCUT2D eigenvalue weighted by atomic mass is 9.55. The van der Waals surface area contributed by atoms with Crippen molar-refractivity contribution in [2.45, 2.75) is 19.3 Å². The third-order valence-electron chi connectivity index (χ3n) is 11.2. The van der Waals surface area contributed by atoms with E-state index in [1.807, 2.05) is 0 Å². The molecule has 0 fully saturated rings. The molecule has 0 unspecified atom stereocenters. The molecule has 0 saturated heterocycles. The van der Waals surface area contributed by atoms with Gasteiger partial charge in [0.25, 0.3) is 0 Å². The van der Waals surface area contributed by atoms with Gasteiger partial charge in [-0.1, -0.05) is 159 Å². The molecule has 0 radical (unpaired) electrons. The normalized spacial score (nSPS) is 13.5. The van der Waals surface area contributed by atoms with Crippen LogP contribution in [0.15, 0.2) is 176 Å². The number of anilines is 5. The van der Waals surface area contributed by atoms with E-state index in [9.17, 15) is 0 Å². The lowest BCUT2D eigenvalue weighted by Crippen LogP contribution is -2.45. The molecule has 0 aliphatic carbocycles. The van der Waals surface area contributed by atoms with Gasteiger partial charge in [0.05, 0.1) is 5.69 Å². The largest absolute Gasteiger partial charge is 0.355 e. The Bertz CT molecular complexity index is 2600. The molecule has 1 N–H and O–H groups in total. The lowest BCUT2D eigenvalue weighted by molar-refractivity contribution is 0.632. The van der Waals surface area contributed by atoms with Gasteiger partial charge in [0, 0.05) is 39.1 Å². The Morgan fingerprint density at radius 3 is 1.90 bits per heavy atom. The summed E-state index contributed by atoms with van der Waals surface area (Å²) in [6.07, 6.45) is 0. The molecule has 3 heteroatoms. The summed E-state index contributed by atoms with van der Waals surface area (Å²) < 4.78 is 0. The summed E-state index contributed by atoms with van der Waals surface area (Å²) in [5, 5.41) is 6.45. The van der Waals surface area contributed by atoms with Crippen molar-refractivity contribution in [1.82, 2.24) is 0 Å². The van der Waals surface area contributed by atoms with Gasteiger partial charge in [-0.05, 0) is 86.2 Å². The van der Waals surface area contributed by atoms with E-state index in [0.29, 0.717) is 0 Å². The van der Waals surface area contributed by atoms with E-state index in [1.54, 1.807) is 0 Å². The second kappa shape index (κ2) is 11.9. The van der Waals surface area contributed by atoms with E-state index in [-0.39, 0.29) is 5.41 Å². The van der Waals surface area contributed by atoms with Gasteiger partial charge in [0.2, 0.25) is 0 Å². The molecule has 10 rings (SSSR count). The maximum absolute atomic E-state index is 3.92. The fourth-order valence-electron chi connectivity index (χ4n) is 8.71. The third-order valence-corrected chi connectivity index (χ3v) is 11.2. The van der Waals surface area contributed by atoms with Gasteiger partial charge in [-0.15, -0.1) is 0 Å². The molecule has 8 aromatic rings. The Hall–Kier alpha value is -6.32. The zero-order valence-electron chi connectivity index (χ0n) is 29.4. The number of hydrogen-bond acceptors (Lipinski definition) is 2. The van der Waals surface area contributed by atoms with Crippen LogP contribution in [0.1, 0.15) is 25.0 Å². The van der Waals surface area contributed by atoms with Crippen LogP contribution in [0.2, 0.25) is 0 Å².